The van der Waals surface area contributed by atoms with E-state index in [-0.39, 0.29) is 18.8 Å². The first kappa shape index (κ1) is 27.9. The van der Waals surface area contributed by atoms with Gasteiger partial charge >= 0.3 is 5.97 Å². The number of nitrogens with zero attached hydrogens (tertiary/aromatic N) is 2. The number of aryl methyl sites for hydroxylation is 4. The average Bonchev–Trinajstić information content (AvgIpc) is 3.32. The molecule has 5 rings (SSSR count). The number of fused-ring (bicyclic) bond motifs is 1. The molecule has 0 radical (unpaired) electrons. The van der Waals surface area contributed by atoms with Crippen LogP contribution in [0.25, 0.3) is 16.6 Å². The van der Waals surface area contributed by atoms with Crippen LogP contribution >= 0.6 is 12.4 Å². The van der Waals surface area contributed by atoms with Crippen LogP contribution in [-0.2, 0) is 30.5 Å². The van der Waals surface area contributed by atoms with Gasteiger partial charge in [-0.3, -0.25) is 9.78 Å². The number of carboxylic acids is 1. The second-order valence-electron chi connectivity index (χ2n) is 9.56. The Hall–Kier alpha value is -4.09. The number of benzene rings is 3. The molecule has 0 aliphatic rings. The van der Waals surface area contributed by atoms with E-state index in [0.717, 1.165) is 48.2 Å². The summed E-state index contributed by atoms with van der Waals surface area (Å²) in [6.45, 7) is 0.656. The van der Waals surface area contributed by atoms with E-state index in [2.05, 4.69) is 70.3 Å². The molecule has 5 aromatic rings. The standard InChI is InChI=1S/C33H32N2O3.ClH/c36-33(37)19-12-26-11-18-32-31(22-26)28(13-10-25-6-2-1-3-7-25)24-35(32)29-14-16-30(17-15-29)38-21-5-9-27-8-4-20-34-23-27;/h1-4,6-8,11,14-18,20,22-24H,5,9-10,12-13,19,21H2,(H,36,37);1H. The molecule has 200 valence electrons. The zero-order valence-corrected chi connectivity index (χ0v) is 22.6. The maximum absolute atomic E-state index is 11.1. The van der Waals surface area contributed by atoms with Gasteiger partial charge in [-0.2, -0.15) is 0 Å². The first-order valence-corrected chi connectivity index (χ1v) is 13.2. The van der Waals surface area contributed by atoms with Crippen LogP contribution in [0.4, 0.5) is 0 Å². The number of carbonyl (C=O) groups is 1. The number of rotatable bonds is 12. The molecule has 0 atom stereocenters. The number of pyridine rings is 1. The van der Waals surface area contributed by atoms with Gasteiger partial charge < -0.3 is 14.4 Å². The number of hydrogen-bond acceptors (Lipinski definition) is 3. The van der Waals surface area contributed by atoms with Crippen LogP contribution < -0.4 is 4.74 Å². The Balaban J connectivity index is 0.00000353. The van der Waals surface area contributed by atoms with Gasteiger partial charge in [0, 0.05) is 36.1 Å². The second kappa shape index (κ2) is 13.6. The third-order valence-corrected chi connectivity index (χ3v) is 6.82. The molecule has 0 saturated carbocycles. The highest BCUT2D eigenvalue weighted by Crippen LogP contribution is 2.29. The largest absolute Gasteiger partial charge is 0.494 e. The summed E-state index contributed by atoms with van der Waals surface area (Å²) in [5.74, 6) is 0.0861. The average molecular weight is 541 g/mol. The van der Waals surface area contributed by atoms with Crippen LogP contribution in [-0.4, -0.2) is 27.2 Å². The quantitative estimate of drug-likeness (QED) is 0.169. The van der Waals surface area contributed by atoms with Gasteiger partial charge in [-0.1, -0.05) is 42.5 Å². The fourth-order valence-corrected chi connectivity index (χ4v) is 4.80. The number of hydrogen-bond donors (Lipinski definition) is 1. The number of carboxylic acid groups (broad SMARTS) is 1. The van der Waals surface area contributed by atoms with E-state index in [1.165, 1.54) is 22.1 Å². The molecule has 1 N–H and O–H groups in total. The highest BCUT2D eigenvalue weighted by molar-refractivity contribution is 5.86. The van der Waals surface area contributed by atoms with Gasteiger partial charge in [-0.15, -0.1) is 12.4 Å². The van der Waals surface area contributed by atoms with Gasteiger partial charge in [0.05, 0.1) is 12.1 Å². The summed E-state index contributed by atoms with van der Waals surface area (Å²) in [5.41, 5.74) is 7.03. The van der Waals surface area contributed by atoms with Crippen LogP contribution in [0.15, 0.2) is 104 Å². The summed E-state index contributed by atoms with van der Waals surface area (Å²) in [4.78, 5) is 15.3. The van der Waals surface area contributed by atoms with Crippen molar-refractivity contribution >= 4 is 29.3 Å². The molecule has 0 aliphatic heterocycles. The van der Waals surface area contributed by atoms with E-state index in [9.17, 15) is 4.79 Å². The van der Waals surface area contributed by atoms with Crippen LogP contribution in [0.1, 0.15) is 35.1 Å². The molecule has 2 heterocycles. The molecule has 0 aliphatic carbocycles. The summed E-state index contributed by atoms with van der Waals surface area (Å²) >= 11 is 0. The van der Waals surface area contributed by atoms with Crippen molar-refractivity contribution in [3.8, 4) is 11.4 Å². The molecule has 3 aromatic carbocycles. The van der Waals surface area contributed by atoms with E-state index < -0.39 is 5.97 Å². The van der Waals surface area contributed by atoms with Crippen molar-refractivity contribution in [1.29, 1.82) is 0 Å². The van der Waals surface area contributed by atoms with Gasteiger partial charge in [0.15, 0.2) is 0 Å². The highest BCUT2D eigenvalue weighted by Gasteiger charge is 2.12. The fraction of sp³-hybridized carbons (Fsp3) is 0.212. The molecular formula is C33H33ClN2O3. The predicted molar refractivity (Wildman–Crippen MR) is 158 cm³/mol. The van der Waals surface area contributed by atoms with E-state index in [1.807, 2.05) is 36.5 Å². The SMILES string of the molecule is Cl.O=C(O)CCc1ccc2c(c1)c(CCc1ccccc1)cn2-c1ccc(OCCCc2cccnc2)cc1. The Labute approximate surface area is 235 Å². The molecule has 39 heavy (non-hydrogen) atoms. The number of aliphatic carboxylic acids is 1. The van der Waals surface area contributed by atoms with Crippen LogP contribution in [0.3, 0.4) is 0 Å². The summed E-state index contributed by atoms with van der Waals surface area (Å²) in [6, 6.07) is 29.1. The van der Waals surface area contributed by atoms with Crippen LogP contribution in [0, 0.1) is 0 Å². The third-order valence-electron chi connectivity index (χ3n) is 6.82. The Morgan fingerprint density at radius 3 is 2.36 bits per heavy atom. The van der Waals surface area contributed by atoms with Crippen molar-refractivity contribution < 1.29 is 14.6 Å². The lowest BCUT2D eigenvalue weighted by molar-refractivity contribution is -0.136. The maximum Gasteiger partial charge on any atom is 0.303 e. The lowest BCUT2D eigenvalue weighted by Crippen LogP contribution is -2.00. The second-order valence-corrected chi connectivity index (χ2v) is 9.56. The molecule has 6 heteroatoms. The van der Waals surface area contributed by atoms with E-state index in [0.29, 0.717) is 13.0 Å². The van der Waals surface area contributed by atoms with Gasteiger partial charge in [0.2, 0.25) is 0 Å². The van der Waals surface area contributed by atoms with Crippen molar-refractivity contribution in [3.05, 3.63) is 126 Å². The summed E-state index contributed by atoms with van der Waals surface area (Å²) < 4.78 is 8.21. The lowest BCUT2D eigenvalue weighted by atomic mass is 10.0. The Morgan fingerprint density at radius 1 is 0.821 bits per heavy atom. The molecule has 0 bridgehead atoms. The molecule has 0 amide bonds. The zero-order valence-electron chi connectivity index (χ0n) is 21.8. The minimum absolute atomic E-state index is 0. The van der Waals surface area contributed by atoms with Gasteiger partial charge in [-0.05, 0) is 96.8 Å². The fourth-order valence-electron chi connectivity index (χ4n) is 4.80. The molecule has 0 saturated heterocycles. The van der Waals surface area contributed by atoms with Crippen LogP contribution in [0.2, 0.25) is 0 Å². The van der Waals surface area contributed by atoms with Crippen molar-refractivity contribution in [2.75, 3.05) is 6.61 Å². The van der Waals surface area contributed by atoms with Crippen molar-refractivity contribution in [2.45, 2.75) is 38.5 Å². The van der Waals surface area contributed by atoms with Crippen molar-refractivity contribution in [2.24, 2.45) is 0 Å². The molecular weight excluding hydrogens is 508 g/mol. The Morgan fingerprint density at radius 2 is 1.62 bits per heavy atom. The third kappa shape index (κ3) is 7.49. The highest BCUT2D eigenvalue weighted by atomic mass is 35.5. The Bertz CT molecular complexity index is 1480. The van der Waals surface area contributed by atoms with E-state index in [4.69, 9.17) is 9.84 Å². The minimum Gasteiger partial charge on any atom is -0.494 e. The minimum atomic E-state index is -0.772. The molecule has 0 fully saturated rings. The topological polar surface area (TPSA) is 64.3 Å². The maximum atomic E-state index is 11.1. The molecule has 2 aromatic heterocycles. The summed E-state index contributed by atoms with van der Waals surface area (Å²) in [6.07, 6.45) is 10.3. The summed E-state index contributed by atoms with van der Waals surface area (Å²) in [7, 11) is 0. The number of aromatic nitrogens is 2. The van der Waals surface area contributed by atoms with Crippen molar-refractivity contribution in [3.63, 3.8) is 0 Å². The summed E-state index contributed by atoms with van der Waals surface area (Å²) in [5, 5.41) is 10.3. The monoisotopic (exact) mass is 540 g/mol. The number of ether oxygens (including phenoxy) is 1. The van der Waals surface area contributed by atoms with E-state index in [1.54, 1.807) is 6.20 Å². The molecule has 5 nitrogen and oxygen atoms in total. The number of halogens is 1. The lowest BCUT2D eigenvalue weighted by Gasteiger charge is -2.09. The van der Waals surface area contributed by atoms with E-state index >= 15 is 0 Å². The van der Waals surface area contributed by atoms with Gasteiger partial charge in [0.25, 0.3) is 0 Å². The normalized spacial score (nSPS) is 10.8. The Kier molecular flexibility index (Phi) is 9.76. The smallest absolute Gasteiger partial charge is 0.303 e. The zero-order chi connectivity index (χ0) is 26.2. The van der Waals surface area contributed by atoms with Crippen molar-refractivity contribution in [1.82, 2.24) is 9.55 Å². The predicted octanol–water partition coefficient (Wildman–Crippen LogP) is 7.26. The van der Waals surface area contributed by atoms with Crippen LogP contribution in [0.5, 0.6) is 5.75 Å². The first-order chi connectivity index (χ1) is 18.7. The molecule has 0 unspecified atom stereocenters. The van der Waals surface area contributed by atoms with Gasteiger partial charge in [0.1, 0.15) is 5.75 Å². The van der Waals surface area contributed by atoms with Gasteiger partial charge in [-0.25, -0.2) is 0 Å². The first-order valence-electron chi connectivity index (χ1n) is 13.2. The molecule has 0 spiro atoms.